The first-order valence-corrected chi connectivity index (χ1v) is 13.8. The number of methoxy groups -OCH3 is 1. The van der Waals surface area contributed by atoms with E-state index in [9.17, 15) is 22.8 Å². The molecular formula is C26H22N4O7S2. The Morgan fingerprint density at radius 3 is 2.44 bits per heavy atom. The van der Waals surface area contributed by atoms with E-state index in [1.165, 1.54) is 13.3 Å². The Hall–Kier alpha value is -4.62. The van der Waals surface area contributed by atoms with E-state index in [0.717, 1.165) is 35.2 Å². The van der Waals surface area contributed by atoms with Crippen molar-refractivity contribution in [2.45, 2.75) is 17.7 Å². The molecule has 11 nitrogen and oxygen atoms in total. The minimum absolute atomic E-state index is 0.134. The van der Waals surface area contributed by atoms with E-state index in [-0.39, 0.29) is 32.8 Å². The summed E-state index contributed by atoms with van der Waals surface area (Å²) in [5.74, 6) is -1.59. The highest BCUT2D eigenvalue weighted by atomic mass is 32.2. The van der Waals surface area contributed by atoms with Crippen LogP contribution in [0.3, 0.4) is 0 Å². The number of carbonyl (C=O) groups excluding carboxylic acids is 2. The first-order chi connectivity index (χ1) is 18.6. The Labute approximate surface area is 227 Å². The van der Waals surface area contributed by atoms with Gasteiger partial charge in [0.15, 0.2) is 15.9 Å². The van der Waals surface area contributed by atoms with Crippen molar-refractivity contribution < 1.29 is 32.6 Å². The van der Waals surface area contributed by atoms with Gasteiger partial charge in [-0.2, -0.15) is 0 Å². The minimum Gasteiger partial charge on any atom is -0.496 e. The van der Waals surface area contributed by atoms with E-state index in [4.69, 9.17) is 9.84 Å². The molecule has 39 heavy (non-hydrogen) atoms. The Kier molecular flexibility index (Phi) is 8.02. The average molecular weight is 567 g/mol. The van der Waals surface area contributed by atoms with Crippen molar-refractivity contribution in [2.75, 3.05) is 17.7 Å². The highest BCUT2D eigenvalue weighted by molar-refractivity contribution is 7.90. The molecule has 0 aliphatic rings. The van der Waals surface area contributed by atoms with Gasteiger partial charge in [0.25, 0.3) is 0 Å². The number of aryl methyl sites for hydroxylation is 1. The number of pyridine rings is 1. The van der Waals surface area contributed by atoms with Crippen molar-refractivity contribution in [2.24, 2.45) is 0 Å². The number of anilines is 2. The maximum atomic E-state index is 13.3. The fraction of sp³-hybridized carbons (Fsp3) is 0.115. The molecule has 0 bridgehead atoms. The van der Waals surface area contributed by atoms with Gasteiger partial charge in [0.05, 0.1) is 29.7 Å². The Morgan fingerprint density at radius 1 is 0.974 bits per heavy atom. The highest BCUT2D eigenvalue weighted by Crippen LogP contribution is 2.27. The number of benzene rings is 2. The predicted molar refractivity (Wildman–Crippen MR) is 144 cm³/mol. The topological polar surface area (TPSA) is 165 Å². The van der Waals surface area contributed by atoms with Crippen LogP contribution in [0.15, 0.2) is 72.0 Å². The Morgan fingerprint density at radius 2 is 1.74 bits per heavy atom. The van der Waals surface area contributed by atoms with Crippen LogP contribution in [0, 0.1) is 6.92 Å². The molecule has 0 aliphatic heterocycles. The van der Waals surface area contributed by atoms with Gasteiger partial charge in [-0.1, -0.05) is 23.8 Å². The molecule has 200 valence electrons. The van der Waals surface area contributed by atoms with Gasteiger partial charge in [0.1, 0.15) is 5.75 Å². The number of thiazole rings is 1. The number of aromatic carboxylic acids is 1. The number of nitrogens with zero attached hydrogens (tertiary/aromatic N) is 2. The number of aromatic nitrogens is 2. The van der Waals surface area contributed by atoms with Gasteiger partial charge < -0.3 is 15.2 Å². The smallest absolute Gasteiger partial charge is 0.337 e. The van der Waals surface area contributed by atoms with E-state index in [2.05, 4.69) is 20.6 Å². The van der Waals surface area contributed by atoms with Crippen molar-refractivity contribution in [1.29, 1.82) is 0 Å². The number of carbonyl (C=O) groups is 3. The largest absolute Gasteiger partial charge is 0.496 e. The van der Waals surface area contributed by atoms with Gasteiger partial charge in [-0.3, -0.25) is 10.1 Å². The quantitative estimate of drug-likeness (QED) is 0.249. The third-order valence-corrected chi connectivity index (χ3v) is 8.09. The second-order valence-electron chi connectivity index (χ2n) is 8.24. The van der Waals surface area contributed by atoms with Crippen LogP contribution in [-0.2, 0) is 15.6 Å². The number of carboxylic acid groups (broad SMARTS) is 1. The Balaban J connectivity index is 1.47. The van der Waals surface area contributed by atoms with Crippen molar-refractivity contribution in [3.63, 3.8) is 0 Å². The monoisotopic (exact) mass is 566 g/mol. The SMILES string of the molecule is COc1ccccc1C(=O)c1cc(C)ccc1NC(=O)Nc1ncc(CS(=O)(=O)c2ccc(C(=O)O)cn2)s1. The zero-order valence-corrected chi connectivity index (χ0v) is 22.3. The molecule has 2 aromatic carbocycles. The van der Waals surface area contributed by atoms with Gasteiger partial charge in [-0.25, -0.2) is 28.0 Å². The lowest BCUT2D eigenvalue weighted by Crippen LogP contribution is -2.21. The van der Waals surface area contributed by atoms with Crippen molar-refractivity contribution in [3.05, 3.63) is 94.1 Å². The summed E-state index contributed by atoms with van der Waals surface area (Å²) in [6, 6.07) is 13.4. The number of carboxylic acids is 1. The van der Waals surface area contributed by atoms with Crippen LogP contribution in [0.5, 0.6) is 5.75 Å². The average Bonchev–Trinajstić information content (AvgIpc) is 3.34. The van der Waals surface area contributed by atoms with E-state index in [1.807, 2.05) is 6.92 Å². The molecule has 0 fully saturated rings. The first kappa shape index (κ1) is 27.4. The molecule has 0 aliphatic carbocycles. The number of nitrogens with one attached hydrogen (secondary N) is 2. The number of hydrogen-bond donors (Lipinski definition) is 3. The summed E-state index contributed by atoms with van der Waals surface area (Å²) in [4.78, 5) is 45.1. The van der Waals surface area contributed by atoms with E-state index >= 15 is 0 Å². The summed E-state index contributed by atoms with van der Waals surface area (Å²) in [6.45, 7) is 1.82. The van der Waals surface area contributed by atoms with Crippen LogP contribution in [-0.4, -0.2) is 48.4 Å². The van der Waals surface area contributed by atoms with Crippen LogP contribution >= 0.6 is 11.3 Å². The van der Waals surface area contributed by atoms with Gasteiger partial charge in [0.2, 0.25) is 9.84 Å². The third kappa shape index (κ3) is 6.45. The fourth-order valence-electron chi connectivity index (χ4n) is 3.57. The number of urea groups is 1. The lowest BCUT2D eigenvalue weighted by Gasteiger charge is -2.13. The molecule has 2 amide bonds. The molecule has 2 aromatic heterocycles. The number of para-hydroxylation sites is 1. The van der Waals surface area contributed by atoms with Gasteiger partial charge in [-0.15, -0.1) is 11.3 Å². The second-order valence-corrected chi connectivity index (χ2v) is 11.3. The predicted octanol–water partition coefficient (Wildman–Crippen LogP) is 4.40. The van der Waals surface area contributed by atoms with Crippen molar-refractivity contribution in [1.82, 2.24) is 9.97 Å². The summed E-state index contributed by atoms with van der Waals surface area (Å²) in [5, 5.41) is 14.0. The molecule has 0 spiro atoms. The standard InChI is InChI=1S/C26H22N4O7S2/c1-15-7-9-20(19(11-15)23(31)18-5-3-4-6-21(18)37-2)29-25(34)30-26-28-13-17(38-26)14-39(35,36)22-10-8-16(12-27-22)24(32)33/h3-13H,14H2,1-2H3,(H,32,33)(H2,28,29,30,34). The lowest BCUT2D eigenvalue weighted by atomic mass is 9.99. The van der Waals surface area contributed by atoms with Crippen LogP contribution in [0.4, 0.5) is 15.6 Å². The molecule has 3 N–H and O–H groups in total. The number of sulfone groups is 1. The van der Waals surface area contributed by atoms with Crippen LogP contribution in [0.25, 0.3) is 0 Å². The van der Waals surface area contributed by atoms with Crippen molar-refractivity contribution in [3.8, 4) is 5.75 Å². The highest BCUT2D eigenvalue weighted by Gasteiger charge is 2.21. The van der Waals surface area contributed by atoms with E-state index < -0.39 is 27.6 Å². The molecule has 2 heterocycles. The molecule has 13 heteroatoms. The summed E-state index contributed by atoms with van der Waals surface area (Å²) in [5.41, 5.74) is 1.56. The maximum Gasteiger partial charge on any atom is 0.337 e. The zero-order valence-electron chi connectivity index (χ0n) is 20.7. The lowest BCUT2D eigenvalue weighted by molar-refractivity contribution is 0.0696. The number of ether oxygens (including phenoxy) is 1. The van der Waals surface area contributed by atoms with E-state index in [1.54, 1.807) is 42.5 Å². The number of hydrogen-bond acceptors (Lipinski definition) is 9. The van der Waals surface area contributed by atoms with Gasteiger partial charge in [-0.05, 0) is 43.3 Å². The molecule has 4 aromatic rings. The van der Waals surface area contributed by atoms with Crippen molar-refractivity contribution >= 4 is 49.8 Å². The number of ketones is 1. The van der Waals surface area contributed by atoms with E-state index in [0.29, 0.717) is 16.2 Å². The van der Waals surface area contributed by atoms with Crippen LogP contribution < -0.4 is 15.4 Å². The second kappa shape index (κ2) is 11.4. The molecule has 0 atom stereocenters. The number of amides is 2. The molecule has 4 rings (SSSR count). The summed E-state index contributed by atoms with van der Waals surface area (Å²) < 4.78 is 30.7. The van der Waals surface area contributed by atoms with Gasteiger partial charge in [0, 0.05) is 22.8 Å². The molecule has 0 unspecified atom stereocenters. The molecule has 0 radical (unpaired) electrons. The summed E-state index contributed by atoms with van der Waals surface area (Å²) >= 11 is 0.949. The zero-order chi connectivity index (χ0) is 28.2. The molecular weight excluding hydrogens is 544 g/mol. The maximum absolute atomic E-state index is 13.3. The van der Waals surface area contributed by atoms with Crippen LogP contribution in [0.2, 0.25) is 0 Å². The number of rotatable bonds is 9. The van der Waals surface area contributed by atoms with Crippen LogP contribution in [0.1, 0.15) is 36.7 Å². The third-order valence-electron chi connectivity index (χ3n) is 5.43. The molecule has 0 saturated heterocycles. The van der Waals surface area contributed by atoms with Gasteiger partial charge >= 0.3 is 12.0 Å². The summed E-state index contributed by atoms with van der Waals surface area (Å²) in [7, 11) is -2.41. The normalized spacial score (nSPS) is 11.0. The fourth-order valence-corrected chi connectivity index (χ4v) is 5.96. The minimum atomic E-state index is -3.88. The Bertz CT molecular complexity index is 1670. The summed E-state index contributed by atoms with van der Waals surface area (Å²) in [6.07, 6.45) is 2.28. The molecule has 0 saturated carbocycles. The first-order valence-electron chi connectivity index (χ1n) is 11.3.